The Morgan fingerprint density at radius 3 is 2.54 bits per heavy atom. The SMILES string of the molecule is O=C(Cc1ccc(N2CCCC2=O)cc1)NNC(=O)c1ccco1. The second-order valence-electron chi connectivity index (χ2n) is 5.47. The van der Waals surface area contributed by atoms with Crippen molar-refractivity contribution in [1.82, 2.24) is 10.9 Å². The number of hydrogen-bond donors (Lipinski definition) is 2. The standard InChI is InChI=1S/C17H17N3O4/c21-15(18-19-17(23)14-3-2-10-24-14)11-12-5-7-13(8-6-12)20-9-1-4-16(20)22/h2-3,5-8,10H,1,4,9,11H2,(H,18,21)(H,19,23). The number of carbonyl (C=O) groups excluding carboxylic acids is 3. The molecule has 1 aliphatic heterocycles. The number of anilines is 1. The van der Waals surface area contributed by atoms with Gasteiger partial charge in [0, 0.05) is 18.7 Å². The van der Waals surface area contributed by atoms with Gasteiger partial charge < -0.3 is 9.32 Å². The van der Waals surface area contributed by atoms with E-state index < -0.39 is 5.91 Å². The lowest BCUT2D eigenvalue weighted by Crippen LogP contribution is -2.42. The fraction of sp³-hybridized carbons (Fsp3) is 0.235. The fourth-order valence-corrected chi connectivity index (χ4v) is 2.54. The third-order valence-electron chi connectivity index (χ3n) is 3.75. The molecule has 0 spiro atoms. The van der Waals surface area contributed by atoms with Gasteiger partial charge in [0.15, 0.2) is 5.76 Å². The van der Waals surface area contributed by atoms with Crippen LogP contribution in [-0.2, 0) is 16.0 Å². The highest BCUT2D eigenvalue weighted by Crippen LogP contribution is 2.21. The molecule has 0 atom stereocenters. The first-order valence-corrected chi connectivity index (χ1v) is 7.65. The predicted octanol–water partition coefficient (Wildman–Crippen LogP) is 1.41. The number of nitrogens with zero attached hydrogens (tertiary/aromatic N) is 1. The summed E-state index contributed by atoms with van der Waals surface area (Å²) >= 11 is 0. The molecule has 2 aromatic rings. The van der Waals surface area contributed by atoms with Gasteiger partial charge >= 0.3 is 5.91 Å². The monoisotopic (exact) mass is 327 g/mol. The number of benzene rings is 1. The zero-order valence-corrected chi connectivity index (χ0v) is 13.0. The van der Waals surface area contributed by atoms with E-state index in [1.165, 1.54) is 12.3 Å². The molecule has 1 fully saturated rings. The Morgan fingerprint density at radius 1 is 1.12 bits per heavy atom. The Kier molecular flexibility index (Phi) is 4.60. The van der Waals surface area contributed by atoms with Crippen LogP contribution in [-0.4, -0.2) is 24.3 Å². The van der Waals surface area contributed by atoms with E-state index >= 15 is 0 Å². The molecule has 1 saturated heterocycles. The van der Waals surface area contributed by atoms with Gasteiger partial charge in [-0.15, -0.1) is 0 Å². The molecule has 124 valence electrons. The minimum Gasteiger partial charge on any atom is -0.459 e. The number of rotatable bonds is 4. The third kappa shape index (κ3) is 3.62. The molecule has 1 aromatic carbocycles. The summed E-state index contributed by atoms with van der Waals surface area (Å²) in [7, 11) is 0. The Bertz CT molecular complexity index is 738. The van der Waals surface area contributed by atoms with Gasteiger partial charge in [-0.25, -0.2) is 0 Å². The average Bonchev–Trinajstić information content (AvgIpc) is 3.25. The van der Waals surface area contributed by atoms with Gasteiger partial charge in [-0.3, -0.25) is 25.2 Å². The van der Waals surface area contributed by atoms with Gasteiger partial charge in [-0.1, -0.05) is 12.1 Å². The van der Waals surface area contributed by atoms with Crippen LogP contribution in [0.15, 0.2) is 47.1 Å². The van der Waals surface area contributed by atoms with Crippen molar-refractivity contribution >= 4 is 23.4 Å². The molecular formula is C17H17N3O4. The summed E-state index contributed by atoms with van der Waals surface area (Å²) in [6.45, 7) is 0.734. The molecule has 3 rings (SSSR count). The van der Waals surface area contributed by atoms with E-state index in [-0.39, 0.29) is 24.0 Å². The van der Waals surface area contributed by atoms with Gasteiger partial charge in [0.2, 0.25) is 11.8 Å². The highest BCUT2D eigenvalue weighted by atomic mass is 16.3. The summed E-state index contributed by atoms with van der Waals surface area (Å²) in [5, 5.41) is 0. The highest BCUT2D eigenvalue weighted by Gasteiger charge is 2.21. The summed E-state index contributed by atoms with van der Waals surface area (Å²) in [5.74, 6) is -0.618. The average molecular weight is 327 g/mol. The molecule has 0 bridgehead atoms. The van der Waals surface area contributed by atoms with Crippen molar-refractivity contribution in [2.24, 2.45) is 0 Å². The summed E-state index contributed by atoms with van der Waals surface area (Å²) in [6.07, 6.45) is 2.95. The molecule has 3 amide bonds. The fourth-order valence-electron chi connectivity index (χ4n) is 2.54. The maximum atomic E-state index is 11.9. The van der Waals surface area contributed by atoms with Gasteiger partial charge in [0.05, 0.1) is 12.7 Å². The Labute approximate surface area is 138 Å². The van der Waals surface area contributed by atoms with Crippen LogP contribution < -0.4 is 15.8 Å². The second kappa shape index (κ2) is 6.99. The van der Waals surface area contributed by atoms with Crippen LogP contribution in [0.25, 0.3) is 0 Å². The van der Waals surface area contributed by atoms with E-state index in [1.807, 2.05) is 12.1 Å². The minimum absolute atomic E-state index is 0.118. The van der Waals surface area contributed by atoms with Crippen LogP contribution in [0.1, 0.15) is 29.0 Å². The number of amides is 3. The Balaban J connectivity index is 1.51. The van der Waals surface area contributed by atoms with Gasteiger partial charge in [0.1, 0.15) is 0 Å². The number of carbonyl (C=O) groups is 3. The van der Waals surface area contributed by atoms with Crippen molar-refractivity contribution < 1.29 is 18.8 Å². The summed E-state index contributed by atoms with van der Waals surface area (Å²) < 4.78 is 4.92. The van der Waals surface area contributed by atoms with Crippen molar-refractivity contribution in [2.45, 2.75) is 19.3 Å². The molecule has 1 aliphatic rings. The van der Waals surface area contributed by atoms with Crippen molar-refractivity contribution in [1.29, 1.82) is 0 Å². The first kappa shape index (κ1) is 15.8. The van der Waals surface area contributed by atoms with Crippen molar-refractivity contribution in [3.8, 4) is 0 Å². The third-order valence-corrected chi connectivity index (χ3v) is 3.75. The van der Waals surface area contributed by atoms with Crippen molar-refractivity contribution in [3.05, 3.63) is 54.0 Å². The first-order valence-electron chi connectivity index (χ1n) is 7.65. The van der Waals surface area contributed by atoms with E-state index in [0.29, 0.717) is 6.42 Å². The van der Waals surface area contributed by atoms with E-state index in [9.17, 15) is 14.4 Å². The molecular weight excluding hydrogens is 310 g/mol. The van der Waals surface area contributed by atoms with Crippen LogP contribution in [0.5, 0.6) is 0 Å². The zero-order chi connectivity index (χ0) is 16.9. The molecule has 2 heterocycles. The predicted molar refractivity (Wildman–Crippen MR) is 86.0 cm³/mol. The van der Waals surface area contributed by atoms with E-state index in [1.54, 1.807) is 23.1 Å². The van der Waals surface area contributed by atoms with Crippen LogP contribution in [0.3, 0.4) is 0 Å². The van der Waals surface area contributed by atoms with Gasteiger partial charge in [-0.2, -0.15) is 0 Å². The lowest BCUT2D eigenvalue weighted by molar-refractivity contribution is -0.121. The lowest BCUT2D eigenvalue weighted by Gasteiger charge is -2.15. The number of nitrogens with one attached hydrogen (secondary N) is 2. The molecule has 0 aliphatic carbocycles. The summed E-state index contributed by atoms with van der Waals surface area (Å²) in [6, 6.07) is 10.3. The normalized spacial score (nSPS) is 13.8. The quantitative estimate of drug-likeness (QED) is 0.831. The van der Waals surface area contributed by atoms with Crippen LogP contribution in [0.2, 0.25) is 0 Å². The Morgan fingerprint density at radius 2 is 1.92 bits per heavy atom. The maximum Gasteiger partial charge on any atom is 0.305 e. The Hall–Kier alpha value is -3.09. The number of hydrazine groups is 1. The molecule has 24 heavy (non-hydrogen) atoms. The molecule has 7 nitrogen and oxygen atoms in total. The van der Waals surface area contributed by atoms with E-state index in [0.717, 1.165) is 24.2 Å². The minimum atomic E-state index is -0.517. The van der Waals surface area contributed by atoms with Crippen LogP contribution in [0.4, 0.5) is 5.69 Å². The lowest BCUT2D eigenvalue weighted by atomic mass is 10.1. The van der Waals surface area contributed by atoms with E-state index in [2.05, 4.69) is 10.9 Å². The van der Waals surface area contributed by atoms with Gasteiger partial charge in [0.25, 0.3) is 0 Å². The zero-order valence-electron chi connectivity index (χ0n) is 13.0. The van der Waals surface area contributed by atoms with Gasteiger partial charge in [-0.05, 0) is 36.2 Å². The molecule has 2 N–H and O–H groups in total. The molecule has 7 heteroatoms. The largest absolute Gasteiger partial charge is 0.459 e. The molecule has 0 saturated carbocycles. The first-order chi connectivity index (χ1) is 11.6. The molecule has 0 radical (unpaired) electrons. The highest BCUT2D eigenvalue weighted by molar-refractivity contribution is 5.95. The van der Waals surface area contributed by atoms with Crippen molar-refractivity contribution in [2.75, 3.05) is 11.4 Å². The summed E-state index contributed by atoms with van der Waals surface area (Å²) in [5.41, 5.74) is 6.24. The molecule has 0 unspecified atom stereocenters. The number of hydrogen-bond acceptors (Lipinski definition) is 4. The smallest absolute Gasteiger partial charge is 0.305 e. The topological polar surface area (TPSA) is 91.7 Å². The van der Waals surface area contributed by atoms with Crippen molar-refractivity contribution in [3.63, 3.8) is 0 Å². The van der Waals surface area contributed by atoms with Crippen LogP contribution in [0, 0.1) is 0 Å². The molecule has 1 aromatic heterocycles. The maximum absolute atomic E-state index is 11.9. The second-order valence-corrected chi connectivity index (χ2v) is 5.47. The van der Waals surface area contributed by atoms with Crippen LogP contribution >= 0.6 is 0 Å². The summed E-state index contributed by atoms with van der Waals surface area (Å²) in [4.78, 5) is 36.9. The van der Waals surface area contributed by atoms with E-state index in [4.69, 9.17) is 4.42 Å². The number of furan rings is 1.